The summed E-state index contributed by atoms with van der Waals surface area (Å²) in [6.45, 7) is 9.48. The van der Waals surface area contributed by atoms with Crippen molar-refractivity contribution in [2.75, 3.05) is 11.9 Å². The number of nitrogens with one attached hydrogen (secondary N) is 1. The van der Waals surface area contributed by atoms with Crippen molar-refractivity contribution < 1.29 is 9.59 Å². The minimum atomic E-state index is -0.511. The van der Waals surface area contributed by atoms with Crippen molar-refractivity contribution >= 4 is 39.9 Å². The fourth-order valence-electron chi connectivity index (χ4n) is 2.19. The van der Waals surface area contributed by atoms with Gasteiger partial charge >= 0.3 is 0 Å². The predicted octanol–water partition coefficient (Wildman–Crippen LogP) is 4.29. The molecule has 0 radical (unpaired) electrons. The van der Waals surface area contributed by atoms with Gasteiger partial charge in [-0.3, -0.25) is 9.59 Å². The molecule has 0 aliphatic heterocycles. The Balaban J connectivity index is 2.16. The number of benzene rings is 1. The molecule has 134 valence electrons. The summed E-state index contributed by atoms with van der Waals surface area (Å²) >= 11 is 7.30. The number of carbonyl (C=O) groups excluding carboxylic acids is 2. The van der Waals surface area contributed by atoms with Gasteiger partial charge in [-0.2, -0.15) is 0 Å². The summed E-state index contributed by atoms with van der Waals surface area (Å²) < 4.78 is 0. The number of hydrogen-bond acceptors (Lipinski definition) is 4. The molecule has 2 aromatic rings. The van der Waals surface area contributed by atoms with E-state index in [4.69, 9.17) is 11.6 Å². The third-order valence-electron chi connectivity index (χ3n) is 3.72. The van der Waals surface area contributed by atoms with E-state index in [0.29, 0.717) is 15.7 Å². The maximum Gasteiger partial charge on any atom is 0.254 e. The highest BCUT2D eigenvalue weighted by Gasteiger charge is 2.29. The van der Waals surface area contributed by atoms with Crippen LogP contribution in [0.2, 0.25) is 5.02 Å². The van der Waals surface area contributed by atoms with E-state index in [1.54, 1.807) is 29.2 Å². The molecule has 0 fully saturated rings. The largest absolute Gasteiger partial charge is 0.324 e. The van der Waals surface area contributed by atoms with Gasteiger partial charge in [0.2, 0.25) is 5.91 Å². The van der Waals surface area contributed by atoms with E-state index in [2.05, 4.69) is 10.3 Å². The van der Waals surface area contributed by atoms with Gasteiger partial charge in [-0.15, -0.1) is 11.3 Å². The molecular weight excluding hydrogens is 358 g/mol. The monoisotopic (exact) mass is 379 g/mol. The molecule has 25 heavy (non-hydrogen) atoms. The van der Waals surface area contributed by atoms with Crippen molar-refractivity contribution in [2.45, 2.75) is 40.2 Å². The summed E-state index contributed by atoms with van der Waals surface area (Å²) in [6.07, 6.45) is 0. The number of nitrogens with zero attached hydrogens (tertiary/aromatic N) is 2. The Bertz CT molecular complexity index is 759. The van der Waals surface area contributed by atoms with Crippen LogP contribution < -0.4 is 5.32 Å². The SMILES string of the molecule is Cc1nc(NC(=O)CN(C(=O)c2ccc(Cl)cc2)C(C)(C)C)sc1C. The molecule has 0 aliphatic rings. The molecule has 0 saturated heterocycles. The van der Waals surface area contributed by atoms with Crippen LogP contribution >= 0.6 is 22.9 Å². The van der Waals surface area contributed by atoms with E-state index in [9.17, 15) is 9.59 Å². The highest BCUT2D eigenvalue weighted by molar-refractivity contribution is 7.15. The topological polar surface area (TPSA) is 62.3 Å². The summed E-state index contributed by atoms with van der Waals surface area (Å²) in [5.74, 6) is -0.489. The summed E-state index contributed by atoms with van der Waals surface area (Å²) in [6, 6.07) is 6.65. The van der Waals surface area contributed by atoms with Gasteiger partial charge in [-0.05, 0) is 58.9 Å². The Morgan fingerprint density at radius 1 is 1.20 bits per heavy atom. The minimum Gasteiger partial charge on any atom is -0.324 e. The number of anilines is 1. The molecule has 1 aromatic heterocycles. The lowest BCUT2D eigenvalue weighted by atomic mass is 10.0. The number of carbonyl (C=O) groups is 2. The van der Waals surface area contributed by atoms with Crippen LogP contribution in [-0.4, -0.2) is 33.8 Å². The third kappa shape index (κ3) is 5.03. The molecular formula is C18H22ClN3O2S. The van der Waals surface area contributed by atoms with Crippen LogP contribution in [0.15, 0.2) is 24.3 Å². The maximum atomic E-state index is 12.8. The van der Waals surface area contributed by atoms with Crippen LogP contribution in [0.4, 0.5) is 5.13 Å². The molecule has 5 nitrogen and oxygen atoms in total. The molecule has 2 amide bonds. The highest BCUT2D eigenvalue weighted by atomic mass is 35.5. The molecule has 2 rings (SSSR count). The Hall–Kier alpha value is -1.92. The summed E-state index contributed by atoms with van der Waals surface area (Å²) in [5.41, 5.74) is 0.876. The average Bonchev–Trinajstić information content (AvgIpc) is 2.81. The zero-order valence-corrected chi connectivity index (χ0v) is 16.6. The number of rotatable bonds is 4. The van der Waals surface area contributed by atoms with Crippen LogP contribution in [0.1, 0.15) is 41.7 Å². The summed E-state index contributed by atoms with van der Waals surface area (Å²) in [4.78, 5) is 32.2. The van der Waals surface area contributed by atoms with E-state index in [0.717, 1.165) is 10.6 Å². The molecule has 7 heteroatoms. The fourth-order valence-corrected chi connectivity index (χ4v) is 3.15. The number of amides is 2. The zero-order valence-electron chi connectivity index (χ0n) is 15.0. The lowest BCUT2D eigenvalue weighted by molar-refractivity contribution is -0.117. The van der Waals surface area contributed by atoms with E-state index in [1.807, 2.05) is 34.6 Å². The fraction of sp³-hybridized carbons (Fsp3) is 0.389. The predicted molar refractivity (Wildman–Crippen MR) is 102 cm³/mol. The van der Waals surface area contributed by atoms with Crippen LogP contribution in [0, 0.1) is 13.8 Å². The van der Waals surface area contributed by atoms with Gasteiger partial charge in [0.05, 0.1) is 5.69 Å². The Morgan fingerprint density at radius 3 is 2.28 bits per heavy atom. The lowest BCUT2D eigenvalue weighted by Gasteiger charge is -2.35. The standard InChI is InChI=1S/C18H22ClN3O2S/c1-11-12(2)25-17(20-11)21-15(23)10-22(18(3,4)5)16(24)13-6-8-14(19)9-7-13/h6-9H,10H2,1-5H3,(H,20,21,23). The highest BCUT2D eigenvalue weighted by Crippen LogP contribution is 2.22. The molecule has 1 N–H and O–H groups in total. The Labute approximate surface area is 157 Å². The quantitative estimate of drug-likeness (QED) is 0.861. The summed E-state index contributed by atoms with van der Waals surface area (Å²) in [7, 11) is 0. The molecule has 1 aromatic carbocycles. The van der Waals surface area contributed by atoms with Crippen molar-refractivity contribution in [1.82, 2.24) is 9.88 Å². The van der Waals surface area contributed by atoms with Crippen molar-refractivity contribution in [1.29, 1.82) is 0 Å². The molecule has 0 aliphatic carbocycles. The van der Waals surface area contributed by atoms with Crippen LogP contribution in [0.3, 0.4) is 0 Å². The minimum absolute atomic E-state index is 0.0529. The first-order valence-corrected chi connectivity index (χ1v) is 9.09. The molecule has 0 unspecified atom stereocenters. The van der Waals surface area contributed by atoms with Gasteiger partial charge in [0.25, 0.3) is 5.91 Å². The first-order valence-electron chi connectivity index (χ1n) is 7.89. The van der Waals surface area contributed by atoms with E-state index in [-0.39, 0.29) is 18.4 Å². The number of aromatic nitrogens is 1. The maximum absolute atomic E-state index is 12.8. The second kappa shape index (κ2) is 7.54. The molecule has 0 saturated carbocycles. The van der Waals surface area contributed by atoms with Gasteiger partial charge < -0.3 is 10.2 Å². The van der Waals surface area contributed by atoms with Crippen molar-refractivity contribution in [3.63, 3.8) is 0 Å². The smallest absolute Gasteiger partial charge is 0.254 e. The van der Waals surface area contributed by atoms with Crippen molar-refractivity contribution in [3.8, 4) is 0 Å². The molecule has 0 spiro atoms. The van der Waals surface area contributed by atoms with Gasteiger partial charge in [-0.25, -0.2) is 4.98 Å². The second-order valence-corrected chi connectivity index (χ2v) is 8.42. The Morgan fingerprint density at radius 2 is 1.80 bits per heavy atom. The van der Waals surface area contributed by atoms with Crippen molar-refractivity contribution in [3.05, 3.63) is 45.4 Å². The molecule has 1 heterocycles. The van der Waals surface area contributed by atoms with Crippen LogP contribution in [0.5, 0.6) is 0 Å². The zero-order chi connectivity index (χ0) is 18.8. The van der Waals surface area contributed by atoms with E-state index >= 15 is 0 Å². The molecule has 0 atom stereocenters. The van der Waals surface area contributed by atoms with Gasteiger partial charge in [0.1, 0.15) is 6.54 Å². The first-order chi connectivity index (χ1) is 11.6. The van der Waals surface area contributed by atoms with Crippen LogP contribution in [-0.2, 0) is 4.79 Å². The average molecular weight is 380 g/mol. The normalized spacial score (nSPS) is 11.3. The molecule has 0 bridgehead atoms. The first kappa shape index (κ1) is 19.4. The summed E-state index contributed by atoms with van der Waals surface area (Å²) in [5, 5.41) is 3.89. The van der Waals surface area contributed by atoms with E-state index < -0.39 is 5.54 Å². The van der Waals surface area contributed by atoms with Crippen molar-refractivity contribution in [2.24, 2.45) is 0 Å². The number of thiazole rings is 1. The van der Waals surface area contributed by atoms with Crippen LogP contribution in [0.25, 0.3) is 0 Å². The van der Waals surface area contributed by atoms with Gasteiger partial charge in [-0.1, -0.05) is 11.6 Å². The van der Waals surface area contributed by atoms with Gasteiger partial charge in [0, 0.05) is 21.0 Å². The Kier molecular flexibility index (Phi) is 5.85. The third-order valence-corrected chi connectivity index (χ3v) is 4.96. The second-order valence-electron chi connectivity index (χ2n) is 6.78. The number of aryl methyl sites for hydroxylation is 2. The lowest BCUT2D eigenvalue weighted by Crippen LogP contribution is -2.49. The number of halogens is 1. The van der Waals surface area contributed by atoms with E-state index in [1.165, 1.54) is 11.3 Å². The number of hydrogen-bond donors (Lipinski definition) is 1. The van der Waals surface area contributed by atoms with Gasteiger partial charge in [0.15, 0.2) is 5.13 Å².